The molecule has 1 heterocycles. The number of aromatic nitrogens is 2. The van der Waals surface area contributed by atoms with Crippen molar-refractivity contribution in [3.63, 3.8) is 0 Å². The number of benzene rings is 2. The summed E-state index contributed by atoms with van der Waals surface area (Å²) < 4.78 is 0. The fraction of sp³-hybridized carbons (Fsp3) is 0.176. The molecule has 3 aromatic rings. The SMILES string of the molecule is CCCNc1cc(Nc2cccc3ccccc23)ncn1. The van der Waals surface area contributed by atoms with Gasteiger partial charge in [-0.2, -0.15) is 0 Å². The molecule has 0 saturated carbocycles. The molecule has 2 N–H and O–H groups in total. The van der Waals surface area contributed by atoms with Gasteiger partial charge in [-0.3, -0.25) is 0 Å². The van der Waals surface area contributed by atoms with Gasteiger partial charge in [-0.05, 0) is 17.9 Å². The zero-order chi connectivity index (χ0) is 14.5. The molecule has 4 heteroatoms. The maximum absolute atomic E-state index is 4.29. The highest BCUT2D eigenvalue weighted by atomic mass is 15.1. The van der Waals surface area contributed by atoms with E-state index in [1.54, 1.807) is 6.33 Å². The molecule has 21 heavy (non-hydrogen) atoms. The first kappa shape index (κ1) is 13.4. The van der Waals surface area contributed by atoms with Crippen LogP contribution in [0.4, 0.5) is 17.3 Å². The van der Waals surface area contributed by atoms with Gasteiger partial charge in [-0.15, -0.1) is 0 Å². The molecular formula is C17H18N4. The van der Waals surface area contributed by atoms with Crippen molar-refractivity contribution in [2.24, 2.45) is 0 Å². The largest absolute Gasteiger partial charge is 0.370 e. The van der Waals surface area contributed by atoms with E-state index in [1.165, 1.54) is 10.8 Å². The van der Waals surface area contributed by atoms with E-state index in [9.17, 15) is 0 Å². The molecule has 0 saturated heterocycles. The van der Waals surface area contributed by atoms with Crippen molar-refractivity contribution in [3.8, 4) is 0 Å². The molecule has 0 aliphatic heterocycles. The van der Waals surface area contributed by atoms with Crippen LogP contribution in [-0.4, -0.2) is 16.5 Å². The molecule has 4 nitrogen and oxygen atoms in total. The number of hydrogen-bond acceptors (Lipinski definition) is 4. The molecule has 0 aliphatic rings. The maximum atomic E-state index is 4.29. The summed E-state index contributed by atoms with van der Waals surface area (Å²) in [5.41, 5.74) is 1.05. The number of fused-ring (bicyclic) bond motifs is 1. The highest BCUT2D eigenvalue weighted by Gasteiger charge is 2.02. The minimum Gasteiger partial charge on any atom is -0.370 e. The Morgan fingerprint density at radius 1 is 0.952 bits per heavy atom. The first-order valence-electron chi connectivity index (χ1n) is 7.17. The van der Waals surface area contributed by atoms with Crippen molar-refractivity contribution < 1.29 is 0 Å². The van der Waals surface area contributed by atoms with Crippen LogP contribution in [0.25, 0.3) is 10.8 Å². The van der Waals surface area contributed by atoms with Gasteiger partial charge in [0.1, 0.15) is 18.0 Å². The molecule has 0 atom stereocenters. The Bertz CT molecular complexity index is 734. The lowest BCUT2D eigenvalue weighted by Crippen LogP contribution is -2.03. The number of anilines is 3. The third-order valence-corrected chi connectivity index (χ3v) is 3.28. The molecule has 0 spiro atoms. The van der Waals surface area contributed by atoms with Crippen LogP contribution in [0, 0.1) is 0 Å². The number of hydrogen-bond donors (Lipinski definition) is 2. The number of rotatable bonds is 5. The summed E-state index contributed by atoms with van der Waals surface area (Å²) in [6, 6.07) is 16.4. The Labute approximate surface area is 124 Å². The number of nitrogens with one attached hydrogen (secondary N) is 2. The molecule has 0 radical (unpaired) electrons. The molecule has 0 bridgehead atoms. The van der Waals surface area contributed by atoms with Crippen molar-refractivity contribution in [2.75, 3.05) is 17.2 Å². The van der Waals surface area contributed by atoms with Crippen LogP contribution >= 0.6 is 0 Å². The van der Waals surface area contributed by atoms with Crippen molar-refractivity contribution in [2.45, 2.75) is 13.3 Å². The maximum Gasteiger partial charge on any atom is 0.135 e. The second-order valence-corrected chi connectivity index (χ2v) is 4.87. The Kier molecular flexibility index (Phi) is 3.96. The Morgan fingerprint density at radius 2 is 1.76 bits per heavy atom. The molecule has 3 rings (SSSR count). The Morgan fingerprint density at radius 3 is 2.67 bits per heavy atom. The number of nitrogens with zero attached hydrogens (tertiary/aromatic N) is 2. The summed E-state index contributed by atoms with van der Waals surface area (Å²) in [6.07, 6.45) is 2.64. The van der Waals surface area contributed by atoms with Crippen molar-refractivity contribution in [3.05, 3.63) is 54.9 Å². The molecule has 0 aliphatic carbocycles. The topological polar surface area (TPSA) is 49.8 Å². The normalized spacial score (nSPS) is 10.5. The lowest BCUT2D eigenvalue weighted by atomic mass is 10.1. The average molecular weight is 278 g/mol. The van der Waals surface area contributed by atoms with E-state index in [0.29, 0.717) is 0 Å². The standard InChI is InChI=1S/C17H18N4/c1-2-10-18-16-11-17(20-12-19-16)21-15-9-5-7-13-6-3-4-8-14(13)15/h3-9,11-12H,2,10H2,1H3,(H2,18,19,20,21). The third kappa shape index (κ3) is 3.11. The van der Waals surface area contributed by atoms with Gasteiger partial charge in [0.05, 0.1) is 0 Å². The Balaban J connectivity index is 1.88. The molecule has 1 aromatic heterocycles. The van der Waals surface area contributed by atoms with Gasteiger partial charge in [0.2, 0.25) is 0 Å². The van der Waals surface area contributed by atoms with Crippen molar-refractivity contribution in [1.29, 1.82) is 0 Å². The van der Waals surface area contributed by atoms with Crippen LogP contribution in [0.5, 0.6) is 0 Å². The van der Waals surface area contributed by atoms with Gasteiger partial charge in [0.15, 0.2) is 0 Å². The van der Waals surface area contributed by atoms with Gasteiger partial charge in [0.25, 0.3) is 0 Å². The lowest BCUT2D eigenvalue weighted by Gasteiger charge is -2.10. The summed E-state index contributed by atoms with van der Waals surface area (Å²) in [5, 5.41) is 9.03. The van der Waals surface area contributed by atoms with Crippen LogP contribution in [0.1, 0.15) is 13.3 Å². The molecule has 106 valence electrons. The van der Waals surface area contributed by atoms with E-state index >= 15 is 0 Å². The summed E-state index contributed by atoms with van der Waals surface area (Å²) in [6.45, 7) is 3.04. The van der Waals surface area contributed by atoms with E-state index in [2.05, 4.69) is 51.8 Å². The zero-order valence-electron chi connectivity index (χ0n) is 12.0. The molecule has 2 aromatic carbocycles. The molecular weight excluding hydrogens is 260 g/mol. The molecule has 0 amide bonds. The average Bonchev–Trinajstić information content (AvgIpc) is 2.54. The zero-order valence-corrected chi connectivity index (χ0v) is 12.0. The van der Waals surface area contributed by atoms with E-state index in [1.807, 2.05) is 24.3 Å². The van der Waals surface area contributed by atoms with E-state index in [0.717, 1.165) is 30.3 Å². The van der Waals surface area contributed by atoms with Crippen molar-refractivity contribution >= 4 is 28.1 Å². The van der Waals surface area contributed by atoms with Crippen LogP contribution < -0.4 is 10.6 Å². The van der Waals surface area contributed by atoms with Gasteiger partial charge >= 0.3 is 0 Å². The van der Waals surface area contributed by atoms with E-state index < -0.39 is 0 Å². The lowest BCUT2D eigenvalue weighted by molar-refractivity contribution is 0.965. The quantitative estimate of drug-likeness (QED) is 0.734. The van der Waals surface area contributed by atoms with Gasteiger partial charge in [-0.1, -0.05) is 43.3 Å². The summed E-state index contributed by atoms with van der Waals surface area (Å²) >= 11 is 0. The van der Waals surface area contributed by atoms with Gasteiger partial charge < -0.3 is 10.6 Å². The van der Waals surface area contributed by atoms with Crippen LogP contribution in [0.2, 0.25) is 0 Å². The van der Waals surface area contributed by atoms with Crippen molar-refractivity contribution in [1.82, 2.24) is 9.97 Å². The van der Waals surface area contributed by atoms with Gasteiger partial charge in [0, 0.05) is 23.7 Å². The van der Waals surface area contributed by atoms with Gasteiger partial charge in [-0.25, -0.2) is 9.97 Å². The predicted octanol–water partition coefficient (Wildman–Crippen LogP) is 4.20. The van der Waals surface area contributed by atoms with E-state index in [-0.39, 0.29) is 0 Å². The highest BCUT2D eigenvalue weighted by Crippen LogP contribution is 2.25. The molecule has 0 unspecified atom stereocenters. The summed E-state index contributed by atoms with van der Waals surface area (Å²) in [5.74, 6) is 1.63. The van der Waals surface area contributed by atoms with Crippen LogP contribution in [-0.2, 0) is 0 Å². The second-order valence-electron chi connectivity index (χ2n) is 4.87. The third-order valence-electron chi connectivity index (χ3n) is 3.28. The van der Waals surface area contributed by atoms with Crippen LogP contribution in [0.3, 0.4) is 0 Å². The van der Waals surface area contributed by atoms with E-state index in [4.69, 9.17) is 0 Å². The first-order chi connectivity index (χ1) is 10.4. The highest BCUT2D eigenvalue weighted by molar-refractivity contribution is 5.95. The summed E-state index contributed by atoms with van der Waals surface area (Å²) in [4.78, 5) is 8.51. The first-order valence-corrected chi connectivity index (χ1v) is 7.17. The Hall–Kier alpha value is -2.62. The van der Waals surface area contributed by atoms with Crippen LogP contribution in [0.15, 0.2) is 54.9 Å². The fourth-order valence-electron chi connectivity index (χ4n) is 2.25. The predicted molar refractivity (Wildman–Crippen MR) is 88.0 cm³/mol. The minimum absolute atomic E-state index is 0.792. The minimum atomic E-state index is 0.792. The second kappa shape index (κ2) is 6.22. The smallest absolute Gasteiger partial charge is 0.135 e. The summed E-state index contributed by atoms with van der Waals surface area (Å²) in [7, 11) is 0. The fourth-order valence-corrected chi connectivity index (χ4v) is 2.25. The molecule has 0 fully saturated rings. The monoisotopic (exact) mass is 278 g/mol.